The van der Waals surface area contributed by atoms with E-state index in [0.29, 0.717) is 18.4 Å². The lowest BCUT2D eigenvalue weighted by Crippen LogP contribution is -2.50. The number of carbonyl (C=O) groups is 2. The predicted molar refractivity (Wildman–Crippen MR) is 104 cm³/mol. The second kappa shape index (κ2) is 7.59. The van der Waals surface area contributed by atoms with Gasteiger partial charge in [0.1, 0.15) is 5.54 Å². The number of fused-ring (bicyclic) bond motifs is 2. The van der Waals surface area contributed by atoms with Gasteiger partial charge in [-0.05, 0) is 43.7 Å². The third-order valence-electron chi connectivity index (χ3n) is 5.76. The van der Waals surface area contributed by atoms with Crippen LogP contribution in [0.15, 0.2) is 24.3 Å². The number of carbonyl (C=O) groups excluding carboxylic acids is 2. The number of nitrogens with zero attached hydrogens (tertiary/aromatic N) is 2. The molecule has 1 heterocycles. The molecule has 0 radical (unpaired) electrons. The van der Waals surface area contributed by atoms with Crippen molar-refractivity contribution >= 4 is 22.8 Å². The van der Waals surface area contributed by atoms with Gasteiger partial charge in [-0.15, -0.1) is 0 Å². The fourth-order valence-corrected chi connectivity index (χ4v) is 4.37. The molecule has 2 aromatic rings. The summed E-state index contributed by atoms with van der Waals surface area (Å²) in [6.07, 6.45) is 6.81. The summed E-state index contributed by atoms with van der Waals surface area (Å²) < 4.78 is 5.37. The van der Waals surface area contributed by atoms with Crippen molar-refractivity contribution in [2.75, 3.05) is 6.61 Å². The summed E-state index contributed by atoms with van der Waals surface area (Å²) in [5, 5.41) is 13.0. The number of aromatic nitrogens is 1. The van der Waals surface area contributed by atoms with E-state index in [1.54, 1.807) is 0 Å². The van der Waals surface area contributed by atoms with Crippen molar-refractivity contribution in [3.8, 4) is 6.07 Å². The molecule has 6 heteroatoms. The van der Waals surface area contributed by atoms with E-state index in [1.165, 1.54) is 0 Å². The Morgan fingerprint density at radius 3 is 2.71 bits per heavy atom. The van der Waals surface area contributed by atoms with Gasteiger partial charge in [0, 0.05) is 11.1 Å². The summed E-state index contributed by atoms with van der Waals surface area (Å²) in [5.74, 6) is -0.923. The third kappa shape index (κ3) is 3.45. The van der Waals surface area contributed by atoms with Crippen LogP contribution in [0, 0.1) is 11.3 Å². The quantitative estimate of drug-likeness (QED) is 0.826. The molecular formula is C22H23N3O3. The average molecular weight is 377 g/mol. The summed E-state index contributed by atoms with van der Waals surface area (Å²) in [7, 11) is 0. The van der Waals surface area contributed by atoms with Crippen LogP contribution < -0.4 is 5.32 Å². The molecule has 1 amide bonds. The Kier molecular flexibility index (Phi) is 4.99. The Hall–Kier alpha value is -2.94. The lowest BCUT2D eigenvalue weighted by Gasteiger charge is -2.31. The molecule has 144 valence electrons. The molecule has 0 aliphatic heterocycles. The Balaban J connectivity index is 1.50. The minimum atomic E-state index is -0.827. The van der Waals surface area contributed by atoms with Gasteiger partial charge in [0.25, 0.3) is 5.91 Å². The number of rotatable bonds is 4. The number of nitrogens with one attached hydrogen (secondary N) is 1. The third-order valence-corrected chi connectivity index (χ3v) is 5.76. The second-order valence-corrected chi connectivity index (χ2v) is 7.66. The van der Waals surface area contributed by atoms with Gasteiger partial charge in [0.2, 0.25) is 0 Å². The number of aryl methyl sites for hydroxylation is 1. The molecule has 0 bridgehead atoms. The molecule has 1 saturated carbocycles. The van der Waals surface area contributed by atoms with Crippen molar-refractivity contribution in [1.82, 2.24) is 10.3 Å². The van der Waals surface area contributed by atoms with Crippen LogP contribution in [0.25, 0.3) is 10.9 Å². The molecule has 0 saturated heterocycles. The standard InChI is InChI=1S/C22H23N3O3/c23-14-22(11-4-1-5-12-22)25-19(26)13-28-21(27)20-15-7-2-3-9-17(15)24-18-10-6-8-16(18)20/h2-3,7,9H,1,4-6,8,10-13H2,(H,25,26). The molecule has 6 nitrogen and oxygen atoms in total. The maximum absolute atomic E-state index is 12.9. The highest BCUT2D eigenvalue weighted by atomic mass is 16.5. The summed E-state index contributed by atoms with van der Waals surface area (Å²) in [6.45, 7) is -0.381. The van der Waals surface area contributed by atoms with Gasteiger partial charge in [0.15, 0.2) is 6.61 Å². The van der Waals surface area contributed by atoms with Crippen molar-refractivity contribution in [2.24, 2.45) is 0 Å². The Morgan fingerprint density at radius 2 is 1.93 bits per heavy atom. The second-order valence-electron chi connectivity index (χ2n) is 7.66. The van der Waals surface area contributed by atoms with Crippen LogP contribution >= 0.6 is 0 Å². The number of benzene rings is 1. The van der Waals surface area contributed by atoms with Crippen molar-refractivity contribution in [3.05, 3.63) is 41.1 Å². The highest BCUT2D eigenvalue weighted by molar-refractivity contribution is 6.05. The smallest absolute Gasteiger partial charge is 0.339 e. The fraction of sp³-hybridized carbons (Fsp3) is 0.455. The topological polar surface area (TPSA) is 92.1 Å². The van der Waals surface area contributed by atoms with E-state index in [4.69, 9.17) is 4.74 Å². The van der Waals surface area contributed by atoms with Gasteiger partial charge in [-0.3, -0.25) is 9.78 Å². The molecule has 0 unspecified atom stereocenters. The number of pyridine rings is 1. The van der Waals surface area contributed by atoms with Crippen LogP contribution in [0.1, 0.15) is 60.1 Å². The lowest BCUT2D eigenvalue weighted by molar-refractivity contribution is -0.125. The number of para-hydroxylation sites is 1. The zero-order chi connectivity index (χ0) is 19.6. The van der Waals surface area contributed by atoms with E-state index in [0.717, 1.165) is 60.7 Å². The molecule has 1 fully saturated rings. The normalized spacial score (nSPS) is 17.5. The van der Waals surface area contributed by atoms with E-state index in [-0.39, 0.29) is 6.61 Å². The number of hydrogen-bond donors (Lipinski definition) is 1. The van der Waals surface area contributed by atoms with E-state index in [1.807, 2.05) is 24.3 Å². The zero-order valence-electron chi connectivity index (χ0n) is 15.8. The number of ether oxygens (including phenoxy) is 1. The molecule has 28 heavy (non-hydrogen) atoms. The molecular weight excluding hydrogens is 354 g/mol. The summed E-state index contributed by atoms with van der Waals surface area (Å²) in [4.78, 5) is 29.9. The van der Waals surface area contributed by atoms with Crippen LogP contribution in [0.3, 0.4) is 0 Å². The van der Waals surface area contributed by atoms with Crippen LogP contribution in [0.5, 0.6) is 0 Å². The molecule has 0 spiro atoms. The molecule has 2 aliphatic carbocycles. The predicted octanol–water partition coefficient (Wildman–Crippen LogP) is 3.22. The lowest BCUT2D eigenvalue weighted by atomic mass is 9.83. The van der Waals surface area contributed by atoms with Crippen molar-refractivity contribution < 1.29 is 14.3 Å². The first-order valence-electron chi connectivity index (χ1n) is 9.92. The molecule has 1 N–H and O–H groups in total. The van der Waals surface area contributed by atoms with Crippen LogP contribution in [0.2, 0.25) is 0 Å². The first kappa shape index (κ1) is 18.4. The summed E-state index contributed by atoms with van der Waals surface area (Å²) >= 11 is 0. The van der Waals surface area contributed by atoms with E-state index < -0.39 is 17.4 Å². The molecule has 0 atom stereocenters. The Morgan fingerprint density at radius 1 is 1.14 bits per heavy atom. The van der Waals surface area contributed by atoms with Gasteiger partial charge >= 0.3 is 5.97 Å². The van der Waals surface area contributed by atoms with E-state index in [2.05, 4.69) is 16.4 Å². The molecule has 4 rings (SSSR count). The Bertz CT molecular complexity index is 971. The van der Waals surface area contributed by atoms with Gasteiger partial charge in [-0.25, -0.2) is 4.79 Å². The molecule has 2 aliphatic rings. The Labute approximate surface area is 163 Å². The van der Waals surface area contributed by atoms with Crippen LogP contribution in [-0.4, -0.2) is 29.0 Å². The van der Waals surface area contributed by atoms with Gasteiger partial charge in [-0.1, -0.05) is 37.5 Å². The van der Waals surface area contributed by atoms with Crippen LogP contribution in [-0.2, 0) is 22.4 Å². The van der Waals surface area contributed by atoms with Crippen LogP contribution in [0.4, 0.5) is 0 Å². The largest absolute Gasteiger partial charge is 0.452 e. The first-order chi connectivity index (χ1) is 13.6. The highest BCUT2D eigenvalue weighted by Crippen LogP contribution is 2.31. The molecule has 1 aromatic heterocycles. The van der Waals surface area contributed by atoms with Crippen molar-refractivity contribution in [1.29, 1.82) is 5.26 Å². The maximum atomic E-state index is 12.9. The van der Waals surface area contributed by atoms with Gasteiger partial charge in [0.05, 0.1) is 17.1 Å². The molecule has 1 aromatic carbocycles. The van der Waals surface area contributed by atoms with Gasteiger partial charge in [-0.2, -0.15) is 5.26 Å². The van der Waals surface area contributed by atoms with E-state index in [9.17, 15) is 14.9 Å². The number of esters is 1. The number of hydrogen-bond acceptors (Lipinski definition) is 5. The SMILES string of the molecule is N#CC1(NC(=O)COC(=O)c2c3c(nc4ccccc24)CCC3)CCCCC1. The average Bonchev–Trinajstić information content (AvgIpc) is 3.19. The monoisotopic (exact) mass is 377 g/mol. The maximum Gasteiger partial charge on any atom is 0.339 e. The summed E-state index contributed by atoms with van der Waals surface area (Å²) in [5.41, 5.74) is 2.35. The summed E-state index contributed by atoms with van der Waals surface area (Å²) in [6, 6.07) is 9.76. The number of amides is 1. The van der Waals surface area contributed by atoms with Crippen molar-refractivity contribution in [3.63, 3.8) is 0 Å². The number of nitriles is 1. The first-order valence-corrected chi connectivity index (χ1v) is 9.92. The highest BCUT2D eigenvalue weighted by Gasteiger charge is 2.34. The fourth-order valence-electron chi connectivity index (χ4n) is 4.37. The van der Waals surface area contributed by atoms with Gasteiger partial charge < -0.3 is 10.1 Å². The zero-order valence-corrected chi connectivity index (χ0v) is 15.8. The van der Waals surface area contributed by atoms with E-state index >= 15 is 0 Å². The minimum Gasteiger partial charge on any atom is -0.452 e. The van der Waals surface area contributed by atoms with Crippen molar-refractivity contribution in [2.45, 2.75) is 56.9 Å². The minimum absolute atomic E-state index is 0.381.